The van der Waals surface area contributed by atoms with Crippen LogP contribution in [-0.2, 0) is 4.79 Å². The van der Waals surface area contributed by atoms with Crippen molar-refractivity contribution in [2.75, 3.05) is 38.2 Å². The van der Waals surface area contributed by atoms with E-state index < -0.39 is 11.5 Å². The number of hydrogen-bond donors (Lipinski definition) is 1. The summed E-state index contributed by atoms with van der Waals surface area (Å²) in [6, 6.07) is 10.3. The van der Waals surface area contributed by atoms with Gasteiger partial charge in [0.1, 0.15) is 5.75 Å². The molecule has 1 spiro atoms. The zero-order valence-corrected chi connectivity index (χ0v) is 15.6. The van der Waals surface area contributed by atoms with E-state index in [4.69, 9.17) is 9.73 Å². The molecule has 1 atom stereocenters. The first-order valence-electron chi connectivity index (χ1n) is 9.59. The van der Waals surface area contributed by atoms with Gasteiger partial charge in [0.25, 0.3) is 0 Å². The summed E-state index contributed by atoms with van der Waals surface area (Å²) < 4.78 is 5.32. The fourth-order valence-corrected chi connectivity index (χ4v) is 4.43. The molecule has 1 aromatic rings. The lowest BCUT2D eigenvalue weighted by molar-refractivity contribution is -0.124. The minimum atomic E-state index is -0.665. The molecule has 1 amide bonds. The Bertz CT molecular complexity index is 786. The number of aliphatic imine (C=N–C) groups is 1. The quantitative estimate of drug-likeness (QED) is 0.861. The van der Waals surface area contributed by atoms with Crippen LogP contribution in [0.5, 0.6) is 5.75 Å². The van der Waals surface area contributed by atoms with Crippen molar-refractivity contribution < 1.29 is 9.53 Å². The van der Waals surface area contributed by atoms with Gasteiger partial charge >= 0.3 is 0 Å². The van der Waals surface area contributed by atoms with Gasteiger partial charge in [-0.15, -0.1) is 0 Å². The number of amides is 1. The number of carbonyl (C=O) groups is 1. The largest absolute Gasteiger partial charge is 0.497 e. The molecule has 0 unspecified atom stereocenters. The Morgan fingerprint density at radius 2 is 1.93 bits per heavy atom. The molecular weight excluding hydrogens is 342 g/mol. The van der Waals surface area contributed by atoms with Crippen LogP contribution in [0.25, 0.3) is 0 Å². The summed E-state index contributed by atoms with van der Waals surface area (Å²) in [4.78, 5) is 21.9. The number of ether oxygens (including phenoxy) is 1. The molecule has 27 heavy (non-hydrogen) atoms. The molecule has 1 N–H and O–H groups in total. The monoisotopic (exact) mass is 367 g/mol. The van der Waals surface area contributed by atoms with Crippen LogP contribution in [0.4, 0.5) is 5.69 Å². The van der Waals surface area contributed by atoms with E-state index in [9.17, 15) is 10.1 Å². The highest BCUT2D eigenvalue weighted by Gasteiger charge is 2.49. The first-order valence-corrected chi connectivity index (χ1v) is 9.59. The normalized spacial score (nSPS) is 24.4. The number of anilines is 1. The summed E-state index contributed by atoms with van der Waals surface area (Å²) >= 11 is 0. The fourth-order valence-electron chi connectivity index (χ4n) is 4.43. The molecular formula is C20H25N5O2. The molecule has 1 saturated heterocycles. The van der Waals surface area contributed by atoms with E-state index in [0.717, 1.165) is 63.3 Å². The lowest BCUT2D eigenvalue weighted by Gasteiger charge is -2.41. The van der Waals surface area contributed by atoms with Crippen molar-refractivity contribution in [2.45, 2.75) is 31.2 Å². The van der Waals surface area contributed by atoms with Crippen molar-refractivity contribution in [2.24, 2.45) is 10.9 Å². The molecule has 7 nitrogen and oxygen atoms in total. The maximum Gasteiger partial charge on any atom is 0.246 e. The summed E-state index contributed by atoms with van der Waals surface area (Å²) in [5.41, 5.74) is 0.622. The molecule has 4 rings (SSSR count). The first kappa shape index (κ1) is 17.7. The van der Waals surface area contributed by atoms with E-state index in [1.165, 1.54) is 0 Å². The van der Waals surface area contributed by atoms with E-state index in [2.05, 4.69) is 27.3 Å². The van der Waals surface area contributed by atoms with Crippen molar-refractivity contribution in [3.63, 3.8) is 0 Å². The topological polar surface area (TPSA) is 81.0 Å². The van der Waals surface area contributed by atoms with Crippen LogP contribution in [0.2, 0.25) is 0 Å². The van der Waals surface area contributed by atoms with Gasteiger partial charge in [-0.05, 0) is 25.0 Å². The van der Waals surface area contributed by atoms with Crippen LogP contribution < -0.4 is 15.0 Å². The van der Waals surface area contributed by atoms with Gasteiger partial charge in [0, 0.05) is 37.9 Å². The summed E-state index contributed by atoms with van der Waals surface area (Å²) in [7, 11) is 1.67. The van der Waals surface area contributed by atoms with Crippen LogP contribution >= 0.6 is 0 Å². The Morgan fingerprint density at radius 1 is 1.22 bits per heavy atom. The molecule has 0 aromatic heterocycles. The van der Waals surface area contributed by atoms with Gasteiger partial charge in [0.05, 0.1) is 18.7 Å². The molecule has 2 aliphatic heterocycles. The SMILES string of the molecule is COc1cccc(N2CCN(C3=NC4(CCCC4)[C@H](C#N)C(=O)N3)CC2)c1. The van der Waals surface area contributed by atoms with Crippen molar-refractivity contribution in [3.05, 3.63) is 24.3 Å². The number of carbonyl (C=O) groups excluding carboxylic acids is 1. The summed E-state index contributed by atoms with van der Waals surface area (Å²) in [6.45, 7) is 3.25. The number of hydrogen-bond acceptors (Lipinski definition) is 6. The smallest absolute Gasteiger partial charge is 0.246 e. The second-order valence-corrected chi connectivity index (χ2v) is 7.47. The number of benzene rings is 1. The minimum Gasteiger partial charge on any atom is -0.497 e. The number of nitrogens with one attached hydrogen (secondary N) is 1. The second-order valence-electron chi connectivity index (χ2n) is 7.47. The summed E-state index contributed by atoms with van der Waals surface area (Å²) in [5.74, 6) is 0.643. The molecule has 0 bridgehead atoms. The predicted octanol–water partition coefficient (Wildman–Crippen LogP) is 1.76. The Hall–Kier alpha value is -2.75. The Balaban J connectivity index is 1.48. The Morgan fingerprint density at radius 3 is 2.59 bits per heavy atom. The number of piperazine rings is 1. The highest BCUT2D eigenvalue weighted by Crippen LogP contribution is 2.41. The van der Waals surface area contributed by atoms with Gasteiger partial charge in [0.2, 0.25) is 11.9 Å². The Labute approximate surface area is 159 Å². The van der Waals surface area contributed by atoms with Gasteiger partial charge in [-0.25, -0.2) is 4.99 Å². The van der Waals surface area contributed by atoms with Crippen molar-refractivity contribution in [3.8, 4) is 11.8 Å². The van der Waals surface area contributed by atoms with Crippen LogP contribution in [0, 0.1) is 17.2 Å². The van der Waals surface area contributed by atoms with Crippen molar-refractivity contribution in [1.29, 1.82) is 5.26 Å². The van der Waals surface area contributed by atoms with Gasteiger partial charge in [-0.1, -0.05) is 18.9 Å². The second kappa shape index (κ2) is 7.10. The lowest BCUT2D eigenvalue weighted by Crippen LogP contribution is -2.59. The summed E-state index contributed by atoms with van der Waals surface area (Å²) in [6.07, 6.45) is 3.72. The third-order valence-corrected chi connectivity index (χ3v) is 5.96. The third kappa shape index (κ3) is 3.20. The molecule has 7 heteroatoms. The predicted molar refractivity (Wildman–Crippen MR) is 103 cm³/mol. The van der Waals surface area contributed by atoms with E-state index in [1.807, 2.05) is 18.2 Å². The fraction of sp³-hybridized carbons (Fsp3) is 0.550. The van der Waals surface area contributed by atoms with Crippen molar-refractivity contribution >= 4 is 17.6 Å². The highest BCUT2D eigenvalue weighted by atomic mass is 16.5. The van der Waals surface area contributed by atoms with E-state index in [0.29, 0.717) is 5.96 Å². The van der Waals surface area contributed by atoms with Gasteiger partial charge in [0.15, 0.2) is 5.92 Å². The standard InChI is InChI=1S/C20H25N5O2/c1-27-16-6-4-5-15(13-16)24-9-11-25(12-10-24)19-22-18(26)17(14-21)20(23-19)7-2-3-8-20/h4-6,13,17H,2-3,7-12H2,1H3,(H,22,23,26)/t17-/m1/s1. The van der Waals surface area contributed by atoms with Crippen LogP contribution in [0.1, 0.15) is 25.7 Å². The van der Waals surface area contributed by atoms with Gasteiger partial charge in [-0.2, -0.15) is 5.26 Å². The van der Waals surface area contributed by atoms with Crippen molar-refractivity contribution in [1.82, 2.24) is 10.2 Å². The minimum absolute atomic E-state index is 0.195. The van der Waals surface area contributed by atoms with Crippen LogP contribution in [0.15, 0.2) is 29.3 Å². The maximum atomic E-state index is 12.5. The molecule has 3 aliphatic rings. The lowest BCUT2D eigenvalue weighted by atomic mass is 9.82. The van der Waals surface area contributed by atoms with Crippen LogP contribution in [0.3, 0.4) is 0 Å². The van der Waals surface area contributed by atoms with E-state index in [-0.39, 0.29) is 5.91 Å². The first-order chi connectivity index (χ1) is 13.1. The summed E-state index contributed by atoms with van der Waals surface area (Å²) in [5, 5.41) is 12.4. The number of nitrogens with zero attached hydrogens (tertiary/aromatic N) is 4. The maximum absolute atomic E-state index is 12.5. The molecule has 2 fully saturated rings. The Kier molecular flexibility index (Phi) is 4.65. The molecule has 142 valence electrons. The number of nitriles is 1. The molecule has 1 aliphatic carbocycles. The third-order valence-electron chi connectivity index (χ3n) is 5.96. The van der Waals surface area contributed by atoms with Gasteiger partial charge in [-0.3, -0.25) is 10.1 Å². The number of methoxy groups -OCH3 is 1. The van der Waals surface area contributed by atoms with Gasteiger partial charge < -0.3 is 14.5 Å². The number of rotatable bonds is 2. The molecule has 0 radical (unpaired) electrons. The van der Waals surface area contributed by atoms with Crippen LogP contribution in [-0.4, -0.2) is 55.6 Å². The zero-order valence-electron chi connectivity index (χ0n) is 15.6. The highest BCUT2D eigenvalue weighted by molar-refractivity contribution is 6.02. The average molecular weight is 367 g/mol. The average Bonchev–Trinajstić information content (AvgIpc) is 3.16. The molecule has 1 aromatic carbocycles. The zero-order chi connectivity index (χ0) is 18.9. The molecule has 1 saturated carbocycles. The van der Waals surface area contributed by atoms with E-state index >= 15 is 0 Å². The molecule has 2 heterocycles. The number of guanidine groups is 1. The van der Waals surface area contributed by atoms with E-state index in [1.54, 1.807) is 7.11 Å².